The Morgan fingerprint density at radius 2 is 1.68 bits per heavy atom. The molecule has 0 bridgehead atoms. The van der Waals surface area contributed by atoms with Gasteiger partial charge in [0.25, 0.3) is 5.91 Å². The smallest absolute Gasteiger partial charge is 0.289 e. The van der Waals surface area contributed by atoms with Crippen molar-refractivity contribution in [1.29, 1.82) is 0 Å². The average Bonchev–Trinajstić information content (AvgIpc) is 3.10. The van der Waals surface area contributed by atoms with E-state index in [0.717, 1.165) is 73.0 Å². The lowest BCUT2D eigenvalue weighted by Crippen LogP contribution is -2.32. The van der Waals surface area contributed by atoms with Crippen LogP contribution in [0, 0.1) is 32.6 Å². The molecule has 0 radical (unpaired) electrons. The van der Waals surface area contributed by atoms with Crippen molar-refractivity contribution in [1.82, 2.24) is 10.2 Å². The van der Waals surface area contributed by atoms with Crippen LogP contribution in [0.1, 0.15) is 40.1 Å². The first-order chi connectivity index (χ1) is 11.6. The molecule has 136 valence electrons. The minimum Gasteiger partial charge on any atom is -0.450 e. The molecule has 2 atom stereocenters. The third kappa shape index (κ3) is 3.06. The van der Waals surface area contributed by atoms with Gasteiger partial charge in [0.1, 0.15) is 5.58 Å². The second-order valence-corrected chi connectivity index (χ2v) is 7.51. The van der Waals surface area contributed by atoms with Gasteiger partial charge in [0.15, 0.2) is 5.76 Å². The van der Waals surface area contributed by atoms with Crippen LogP contribution < -0.4 is 5.32 Å². The first-order valence-electron chi connectivity index (χ1n) is 9.05. The number of hydrogen-bond donors (Lipinski definition) is 1. The maximum atomic E-state index is 13.1. The van der Waals surface area contributed by atoms with E-state index in [1.165, 1.54) is 5.56 Å². The highest BCUT2D eigenvalue weighted by Crippen LogP contribution is 2.33. The molecular formula is C20H27ClN2O2. The van der Waals surface area contributed by atoms with Gasteiger partial charge >= 0.3 is 0 Å². The summed E-state index contributed by atoms with van der Waals surface area (Å²) in [6, 6.07) is 4.17. The van der Waals surface area contributed by atoms with Crippen molar-refractivity contribution in [2.45, 2.75) is 33.6 Å². The number of benzene rings is 1. The number of likely N-dealkylation sites (tertiary alicyclic amines) is 1. The Bertz CT molecular complexity index is 785. The summed E-state index contributed by atoms with van der Waals surface area (Å²) in [6.45, 7) is 10.0. The lowest BCUT2D eigenvalue weighted by Gasteiger charge is -2.20. The van der Waals surface area contributed by atoms with E-state index in [9.17, 15) is 4.79 Å². The number of rotatable bonds is 1. The molecule has 4 nitrogen and oxygen atoms in total. The van der Waals surface area contributed by atoms with E-state index in [2.05, 4.69) is 24.4 Å². The Morgan fingerprint density at radius 1 is 1.08 bits per heavy atom. The number of carbonyl (C=O) groups is 1. The number of furan rings is 1. The molecule has 2 aliphatic rings. The zero-order chi connectivity index (χ0) is 16.8. The lowest BCUT2D eigenvalue weighted by atomic mass is 9.92. The Balaban J connectivity index is 0.00000182. The van der Waals surface area contributed by atoms with Crippen LogP contribution in [-0.2, 0) is 0 Å². The van der Waals surface area contributed by atoms with E-state index in [1.807, 2.05) is 18.7 Å². The molecule has 1 amide bonds. The van der Waals surface area contributed by atoms with Gasteiger partial charge in [-0.05, 0) is 69.7 Å². The van der Waals surface area contributed by atoms with E-state index in [1.54, 1.807) is 0 Å². The van der Waals surface area contributed by atoms with Gasteiger partial charge in [-0.25, -0.2) is 0 Å². The number of hydrogen-bond acceptors (Lipinski definition) is 3. The van der Waals surface area contributed by atoms with Crippen LogP contribution in [0.3, 0.4) is 0 Å². The monoisotopic (exact) mass is 362 g/mol. The highest BCUT2D eigenvalue weighted by molar-refractivity contribution is 6.00. The SMILES string of the molecule is Cc1ccc(C)c2c(C)c(C(=O)N3CC[C@@H]4CNC[C@@H]4CC3)oc12.Cl. The quantitative estimate of drug-likeness (QED) is 0.838. The minimum absolute atomic E-state index is 0. The summed E-state index contributed by atoms with van der Waals surface area (Å²) in [6.07, 6.45) is 2.20. The molecule has 0 saturated carbocycles. The van der Waals surface area contributed by atoms with Gasteiger partial charge in [-0.1, -0.05) is 12.1 Å². The molecule has 2 aromatic rings. The van der Waals surface area contributed by atoms with E-state index in [0.29, 0.717) is 5.76 Å². The van der Waals surface area contributed by atoms with Gasteiger partial charge in [-0.3, -0.25) is 4.79 Å². The number of amides is 1. The Labute approximate surface area is 155 Å². The fourth-order valence-corrected chi connectivity index (χ4v) is 4.44. The van der Waals surface area contributed by atoms with Gasteiger partial charge in [0.2, 0.25) is 0 Å². The maximum Gasteiger partial charge on any atom is 0.289 e. The molecular weight excluding hydrogens is 336 g/mol. The Kier molecular flexibility index (Phi) is 5.12. The largest absolute Gasteiger partial charge is 0.450 e. The second kappa shape index (κ2) is 7.00. The van der Waals surface area contributed by atoms with Crippen LogP contribution in [0.5, 0.6) is 0 Å². The summed E-state index contributed by atoms with van der Waals surface area (Å²) in [5, 5.41) is 4.59. The highest BCUT2D eigenvalue weighted by Gasteiger charge is 2.33. The number of nitrogens with zero attached hydrogens (tertiary/aromatic N) is 1. The van der Waals surface area contributed by atoms with E-state index in [4.69, 9.17) is 4.42 Å². The standard InChI is InChI=1S/C20H26N2O2.ClH/c1-12-4-5-13(2)18-17(12)14(3)19(24-18)20(23)22-8-6-15-10-21-11-16(15)7-9-22;/h4-5,15-16,21H,6-11H2,1-3H3;1H/t15-,16+;. The van der Waals surface area contributed by atoms with Crippen molar-refractivity contribution < 1.29 is 9.21 Å². The number of nitrogens with one attached hydrogen (secondary N) is 1. The van der Waals surface area contributed by atoms with E-state index >= 15 is 0 Å². The number of carbonyl (C=O) groups excluding carboxylic acids is 1. The fraction of sp³-hybridized carbons (Fsp3) is 0.550. The van der Waals surface area contributed by atoms with Crippen molar-refractivity contribution >= 4 is 29.3 Å². The Hall–Kier alpha value is -1.52. The summed E-state index contributed by atoms with van der Waals surface area (Å²) in [5.74, 6) is 2.05. The molecule has 1 aromatic carbocycles. The topological polar surface area (TPSA) is 45.5 Å². The Morgan fingerprint density at radius 3 is 2.28 bits per heavy atom. The van der Waals surface area contributed by atoms with Crippen LogP contribution in [0.2, 0.25) is 0 Å². The van der Waals surface area contributed by atoms with Gasteiger partial charge in [0, 0.05) is 24.0 Å². The van der Waals surface area contributed by atoms with Gasteiger partial charge in [-0.2, -0.15) is 0 Å². The summed E-state index contributed by atoms with van der Waals surface area (Å²) in [7, 11) is 0. The fourth-order valence-electron chi connectivity index (χ4n) is 4.44. The van der Waals surface area contributed by atoms with Gasteiger partial charge < -0.3 is 14.6 Å². The van der Waals surface area contributed by atoms with Crippen LogP contribution in [0.25, 0.3) is 11.0 Å². The van der Waals surface area contributed by atoms with Crippen LogP contribution in [0.4, 0.5) is 0 Å². The molecule has 2 saturated heterocycles. The molecule has 3 heterocycles. The normalized spacial score (nSPS) is 23.2. The van der Waals surface area contributed by atoms with Gasteiger partial charge in [-0.15, -0.1) is 12.4 Å². The van der Waals surface area contributed by atoms with Crippen LogP contribution >= 0.6 is 12.4 Å². The summed E-state index contributed by atoms with van der Waals surface area (Å²) < 4.78 is 6.06. The maximum absolute atomic E-state index is 13.1. The van der Waals surface area contributed by atoms with Crippen LogP contribution in [-0.4, -0.2) is 37.0 Å². The number of fused-ring (bicyclic) bond motifs is 2. The molecule has 5 heteroatoms. The number of halogens is 1. The molecule has 4 rings (SSSR count). The first-order valence-corrected chi connectivity index (χ1v) is 9.05. The van der Waals surface area contributed by atoms with E-state index in [-0.39, 0.29) is 18.3 Å². The summed E-state index contributed by atoms with van der Waals surface area (Å²) in [5.41, 5.74) is 4.12. The molecule has 0 spiro atoms. The zero-order valence-electron chi connectivity index (χ0n) is 15.2. The van der Waals surface area contributed by atoms with E-state index < -0.39 is 0 Å². The highest BCUT2D eigenvalue weighted by atomic mass is 35.5. The predicted octanol–water partition coefficient (Wildman–Crippen LogP) is 3.85. The third-order valence-electron chi connectivity index (χ3n) is 5.98. The van der Waals surface area contributed by atoms with Gasteiger partial charge in [0.05, 0.1) is 0 Å². The van der Waals surface area contributed by atoms with Crippen molar-refractivity contribution in [2.75, 3.05) is 26.2 Å². The molecule has 2 fully saturated rings. The molecule has 0 aliphatic carbocycles. The van der Waals surface area contributed by atoms with Crippen molar-refractivity contribution in [2.24, 2.45) is 11.8 Å². The van der Waals surface area contributed by atoms with Crippen molar-refractivity contribution in [3.05, 3.63) is 34.6 Å². The lowest BCUT2D eigenvalue weighted by molar-refractivity contribution is 0.0728. The summed E-state index contributed by atoms with van der Waals surface area (Å²) >= 11 is 0. The molecule has 25 heavy (non-hydrogen) atoms. The van der Waals surface area contributed by atoms with Crippen molar-refractivity contribution in [3.8, 4) is 0 Å². The zero-order valence-corrected chi connectivity index (χ0v) is 16.0. The number of aryl methyl sites for hydroxylation is 3. The molecule has 0 unspecified atom stereocenters. The predicted molar refractivity (Wildman–Crippen MR) is 103 cm³/mol. The molecule has 2 aliphatic heterocycles. The van der Waals surface area contributed by atoms with Crippen molar-refractivity contribution in [3.63, 3.8) is 0 Å². The second-order valence-electron chi connectivity index (χ2n) is 7.51. The van der Waals surface area contributed by atoms with Crippen LogP contribution in [0.15, 0.2) is 16.5 Å². The summed E-state index contributed by atoms with van der Waals surface area (Å²) in [4.78, 5) is 15.1. The first kappa shape index (κ1) is 18.3. The minimum atomic E-state index is 0. The average molecular weight is 363 g/mol. The third-order valence-corrected chi connectivity index (χ3v) is 5.98. The molecule has 1 N–H and O–H groups in total. The molecule has 1 aromatic heterocycles.